The lowest BCUT2D eigenvalue weighted by atomic mass is 10.3. The Balaban J connectivity index is 1.94. The smallest absolute Gasteiger partial charge is 0.224 e. The van der Waals surface area contributed by atoms with Crippen molar-refractivity contribution in [1.29, 1.82) is 0 Å². The number of rotatable bonds is 6. The van der Waals surface area contributed by atoms with Gasteiger partial charge in [0.05, 0.1) is 21.2 Å². The molecule has 0 fully saturated rings. The number of azo groups is 2. The second-order valence-corrected chi connectivity index (χ2v) is 9.84. The molecule has 14 nitrogen and oxygen atoms in total. The third-order valence-electron chi connectivity index (χ3n) is 3.97. The molecule has 0 aliphatic heterocycles. The summed E-state index contributed by atoms with van der Waals surface area (Å²) in [6, 6.07) is 8.99. The molecule has 2 aromatic carbocycles. The number of anilines is 3. The van der Waals surface area contributed by atoms with Crippen molar-refractivity contribution in [1.82, 2.24) is 9.97 Å². The third-order valence-corrected chi connectivity index (χ3v) is 5.97. The minimum absolute atomic E-state index is 0.0189. The largest absolute Gasteiger partial charge is 0.744 e. The first-order chi connectivity index (χ1) is 15.3. The van der Waals surface area contributed by atoms with Crippen LogP contribution in [0.5, 0.6) is 0 Å². The van der Waals surface area contributed by atoms with Crippen LogP contribution < -0.4 is 17.2 Å². The van der Waals surface area contributed by atoms with Gasteiger partial charge in [-0.25, -0.2) is 16.8 Å². The molecule has 0 saturated carbocycles. The summed E-state index contributed by atoms with van der Waals surface area (Å²) in [6.45, 7) is 0. The molecule has 0 unspecified atom stereocenters. The first-order valence-corrected chi connectivity index (χ1v) is 12.1. The lowest BCUT2D eigenvalue weighted by Gasteiger charge is -2.10. The van der Waals surface area contributed by atoms with E-state index in [0.717, 1.165) is 12.3 Å². The van der Waals surface area contributed by atoms with Crippen molar-refractivity contribution in [2.75, 3.05) is 23.5 Å². The average Bonchev–Trinajstić information content (AvgIpc) is 2.71. The van der Waals surface area contributed by atoms with Crippen LogP contribution in [-0.2, 0) is 20.0 Å². The highest BCUT2D eigenvalue weighted by molar-refractivity contribution is 7.90. The van der Waals surface area contributed by atoms with Crippen molar-refractivity contribution in [3.8, 4) is 0 Å². The quantitative estimate of drug-likeness (QED) is 0.336. The molecule has 0 radical (unpaired) electrons. The molecular weight excluding hydrogens is 474 g/mol. The summed E-state index contributed by atoms with van der Waals surface area (Å²) in [6.07, 6.45) is 1.07. The molecule has 33 heavy (non-hydrogen) atoms. The van der Waals surface area contributed by atoms with Crippen LogP contribution in [-0.4, -0.2) is 37.6 Å². The molecule has 0 bridgehead atoms. The Bertz CT molecular complexity index is 1460. The van der Waals surface area contributed by atoms with Crippen molar-refractivity contribution in [2.24, 2.45) is 20.5 Å². The van der Waals surface area contributed by atoms with Gasteiger partial charge in [0.25, 0.3) is 0 Å². The molecule has 0 atom stereocenters. The van der Waals surface area contributed by atoms with Gasteiger partial charge >= 0.3 is 0 Å². The van der Waals surface area contributed by atoms with Gasteiger partial charge in [-0.05, 0) is 42.5 Å². The molecule has 0 saturated heterocycles. The van der Waals surface area contributed by atoms with Gasteiger partial charge in [-0.15, -0.1) is 10.2 Å². The maximum atomic E-state index is 11.7. The van der Waals surface area contributed by atoms with Crippen molar-refractivity contribution in [3.05, 3.63) is 42.5 Å². The van der Waals surface area contributed by atoms with Crippen LogP contribution in [0.25, 0.3) is 0 Å². The maximum Gasteiger partial charge on any atom is 0.224 e. The first kappa shape index (κ1) is 23.6. The van der Waals surface area contributed by atoms with E-state index >= 15 is 0 Å². The van der Waals surface area contributed by atoms with Crippen LogP contribution in [0.1, 0.15) is 0 Å². The van der Waals surface area contributed by atoms with E-state index in [1.54, 1.807) is 0 Å². The van der Waals surface area contributed by atoms with Crippen molar-refractivity contribution >= 4 is 60.3 Å². The second-order valence-electron chi connectivity index (χ2n) is 6.47. The van der Waals surface area contributed by atoms with Crippen molar-refractivity contribution in [2.45, 2.75) is 9.79 Å². The normalized spacial score (nSPS) is 12.5. The van der Waals surface area contributed by atoms with Gasteiger partial charge in [-0.1, -0.05) is 0 Å². The lowest BCUT2D eigenvalue weighted by Crippen LogP contribution is -2.03. The first-order valence-electron chi connectivity index (χ1n) is 8.76. The molecule has 6 N–H and O–H groups in total. The van der Waals surface area contributed by atoms with Gasteiger partial charge < -0.3 is 21.8 Å². The monoisotopic (exact) mass is 490 g/mol. The highest BCUT2D eigenvalue weighted by Crippen LogP contribution is 2.33. The molecule has 1 heterocycles. The van der Waals surface area contributed by atoms with Gasteiger partial charge in [0.15, 0.2) is 27.2 Å². The number of nitrogens with two attached hydrogens (primary N) is 3. The van der Waals surface area contributed by atoms with E-state index in [1.807, 2.05) is 0 Å². The number of hydrogen-bond acceptors (Lipinski definition) is 14. The standard InChI is InChI=1S/C17H17N9O5S2/c1-32(27,28)11-5-2-9(3-6-11)23-24-10-4-7-12(13(8-10)33(29,30)31)25-26-14-15(18)21-17(20)22-16(14)19/h2-8H,1H3,(H,29,30,31)(H6,18,19,20,21,22)/p-1. The zero-order chi connectivity index (χ0) is 24.4. The van der Waals surface area contributed by atoms with E-state index in [0.29, 0.717) is 5.69 Å². The number of aromatic nitrogens is 2. The Morgan fingerprint density at radius 3 is 1.88 bits per heavy atom. The fraction of sp³-hybridized carbons (Fsp3) is 0.0588. The summed E-state index contributed by atoms with van der Waals surface area (Å²) in [5.41, 5.74) is 16.6. The summed E-state index contributed by atoms with van der Waals surface area (Å²) in [5, 5.41) is 15.2. The highest BCUT2D eigenvalue weighted by atomic mass is 32.2. The molecule has 3 rings (SSSR count). The van der Waals surface area contributed by atoms with Gasteiger partial charge in [-0.3, -0.25) is 0 Å². The van der Waals surface area contributed by atoms with Crippen LogP contribution >= 0.6 is 0 Å². The Morgan fingerprint density at radius 2 is 1.33 bits per heavy atom. The number of sulfone groups is 1. The zero-order valence-corrected chi connectivity index (χ0v) is 18.4. The Morgan fingerprint density at radius 1 is 0.788 bits per heavy atom. The number of hydrogen-bond donors (Lipinski definition) is 3. The van der Waals surface area contributed by atoms with Crippen LogP contribution in [0, 0.1) is 0 Å². The van der Waals surface area contributed by atoms with Crippen LogP contribution in [0.3, 0.4) is 0 Å². The fourth-order valence-electron chi connectivity index (χ4n) is 2.44. The number of nitrogen functional groups attached to an aromatic ring is 3. The maximum absolute atomic E-state index is 11.7. The summed E-state index contributed by atoms with van der Waals surface area (Å²) in [5.74, 6) is -0.572. The topological polar surface area (TPSA) is 245 Å². The van der Waals surface area contributed by atoms with Crippen LogP contribution in [0.2, 0.25) is 0 Å². The summed E-state index contributed by atoms with van der Waals surface area (Å²) in [7, 11) is -8.35. The molecule has 0 spiro atoms. The molecular formula is C17H16N9O5S2-. The van der Waals surface area contributed by atoms with E-state index in [2.05, 4.69) is 30.4 Å². The molecule has 0 aliphatic carbocycles. The molecule has 16 heteroatoms. The molecule has 1 aromatic heterocycles. The Kier molecular flexibility index (Phi) is 6.34. The predicted octanol–water partition coefficient (Wildman–Crippen LogP) is 2.36. The zero-order valence-electron chi connectivity index (χ0n) is 16.8. The molecule has 0 aliphatic rings. The minimum atomic E-state index is -4.98. The van der Waals surface area contributed by atoms with E-state index in [-0.39, 0.29) is 39.5 Å². The van der Waals surface area contributed by atoms with Crippen LogP contribution in [0.4, 0.5) is 40.3 Å². The van der Waals surface area contributed by atoms with E-state index in [4.69, 9.17) is 17.2 Å². The fourth-order valence-corrected chi connectivity index (χ4v) is 3.70. The molecule has 172 valence electrons. The SMILES string of the molecule is CS(=O)(=O)c1ccc(N=Nc2ccc(N=Nc3c(N)nc(N)nc3N)c(S(=O)(=O)[O-])c2)cc1. The average molecular weight is 491 g/mol. The van der Waals surface area contributed by atoms with Crippen molar-refractivity contribution in [3.63, 3.8) is 0 Å². The highest BCUT2D eigenvalue weighted by Gasteiger charge is 2.13. The third kappa shape index (κ3) is 5.82. The van der Waals surface area contributed by atoms with E-state index < -0.39 is 24.9 Å². The van der Waals surface area contributed by atoms with Gasteiger partial charge in [0.1, 0.15) is 15.8 Å². The van der Waals surface area contributed by atoms with Crippen molar-refractivity contribution < 1.29 is 21.4 Å². The number of nitrogens with zero attached hydrogens (tertiary/aromatic N) is 6. The summed E-state index contributed by atoms with van der Waals surface area (Å²) >= 11 is 0. The number of benzene rings is 2. The Hall–Kier alpha value is -4.02. The Labute approximate surface area is 188 Å². The van der Waals surface area contributed by atoms with Gasteiger partial charge in [-0.2, -0.15) is 20.2 Å². The van der Waals surface area contributed by atoms with Gasteiger partial charge in [0, 0.05) is 6.26 Å². The summed E-state index contributed by atoms with van der Waals surface area (Å²) < 4.78 is 58.2. The van der Waals surface area contributed by atoms with Crippen LogP contribution in [0.15, 0.2) is 72.7 Å². The predicted molar refractivity (Wildman–Crippen MR) is 118 cm³/mol. The lowest BCUT2D eigenvalue weighted by molar-refractivity contribution is 0.463. The summed E-state index contributed by atoms with van der Waals surface area (Å²) in [4.78, 5) is 6.73. The minimum Gasteiger partial charge on any atom is -0.744 e. The second kappa shape index (κ2) is 8.85. The van der Waals surface area contributed by atoms with E-state index in [9.17, 15) is 21.4 Å². The molecule has 0 amide bonds. The molecule has 3 aromatic rings. The van der Waals surface area contributed by atoms with Gasteiger partial charge in [0.2, 0.25) is 5.95 Å². The van der Waals surface area contributed by atoms with E-state index in [1.165, 1.54) is 36.4 Å².